The van der Waals surface area contributed by atoms with Gasteiger partial charge in [-0.25, -0.2) is 0 Å². The van der Waals surface area contributed by atoms with Gasteiger partial charge in [-0.05, 0) is 80.8 Å². The minimum absolute atomic E-state index is 0.0787. The van der Waals surface area contributed by atoms with Crippen molar-refractivity contribution < 1.29 is 9.59 Å². The molecule has 0 radical (unpaired) electrons. The standard InChI is InChI=1S/C26H38N2O2/c1-18-5-7-19(8-6-18)20-9-11-28(12-10-20)22-15-26(16-22)13-21(14-26)24(30)27-23(17-29)25(2,3)4/h5-8,17,20-23H,9-16H2,1-4H3,(H,27,30)/t21-,22-,23?,26?. The first-order valence-electron chi connectivity index (χ1n) is 11.8. The van der Waals surface area contributed by atoms with E-state index in [4.69, 9.17) is 0 Å². The lowest BCUT2D eigenvalue weighted by Crippen LogP contribution is -2.60. The highest BCUT2D eigenvalue weighted by Gasteiger charge is 2.56. The number of aryl methyl sites for hydroxylation is 1. The lowest BCUT2D eigenvalue weighted by molar-refractivity contribution is -0.145. The first kappa shape index (κ1) is 21.5. The molecular weight excluding hydrogens is 372 g/mol. The first-order chi connectivity index (χ1) is 14.2. The van der Waals surface area contributed by atoms with Gasteiger partial charge in [0.2, 0.25) is 5.91 Å². The van der Waals surface area contributed by atoms with Gasteiger partial charge in [0.15, 0.2) is 0 Å². The molecule has 0 aromatic heterocycles. The molecule has 2 saturated carbocycles. The van der Waals surface area contributed by atoms with Gasteiger partial charge in [-0.15, -0.1) is 0 Å². The Balaban J connectivity index is 1.20. The number of nitrogens with zero attached hydrogens (tertiary/aromatic N) is 1. The molecular formula is C26H38N2O2. The number of likely N-dealkylation sites (tertiary alicyclic amines) is 1. The smallest absolute Gasteiger partial charge is 0.223 e. The van der Waals surface area contributed by atoms with E-state index < -0.39 is 6.04 Å². The second-order valence-electron chi connectivity index (χ2n) is 11.4. The topological polar surface area (TPSA) is 49.4 Å². The number of nitrogens with one attached hydrogen (secondary N) is 1. The average molecular weight is 411 g/mol. The summed E-state index contributed by atoms with van der Waals surface area (Å²) in [5, 5.41) is 2.98. The van der Waals surface area contributed by atoms with Gasteiger partial charge in [0.25, 0.3) is 0 Å². The molecule has 1 aliphatic heterocycles. The van der Waals surface area contributed by atoms with E-state index in [2.05, 4.69) is 41.4 Å². The summed E-state index contributed by atoms with van der Waals surface area (Å²) in [4.78, 5) is 26.6. The summed E-state index contributed by atoms with van der Waals surface area (Å²) in [5.74, 6) is 0.888. The Kier molecular flexibility index (Phi) is 5.82. The zero-order chi connectivity index (χ0) is 21.5. The Hall–Kier alpha value is -1.68. The number of amides is 1. The highest BCUT2D eigenvalue weighted by molar-refractivity contribution is 5.83. The van der Waals surface area contributed by atoms with E-state index >= 15 is 0 Å². The van der Waals surface area contributed by atoms with Gasteiger partial charge in [-0.2, -0.15) is 0 Å². The Morgan fingerprint density at radius 1 is 1.10 bits per heavy atom. The van der Waals surface area contributed by atoms with Crippen molar-refractivity contribution in [3.63, 3.8) is 0 Å². The van der Waals surface area contributed by atoms with Crippen molar-refractivity contribution in [1.29, 1.82) is 0 Å². The van der Waals surface area contributed by atoms with E-state index in [0.717, 1.165) is 19.1 Å². The van der Waals surface area contributed by atoms with Gasteiger partial charge >= 0.3 is 0 Å². The second kappa shape index (κ2) is 8.11. The van der Waals surface area contributed by atoms with Gasteiger partial charge < -0.3 is 15.0 Å². The summed E-state index contributed by atoms with van der Waals surface area (Å²) < 4.78 is 0. The summed E-state index contributed by atoms with van der Waals surface area (Å²) in [7, 11) is 0. The molecule has 1 aromatic rings. The molecule has 1 aromatic carbocycles. The molecule has 2 aliphatic carbocycles. The molecule has 1 amide bonds. The average Bonchev–Trinajstić information content (AvgIpc) is 2.64. The van der Waals surface area contributed by atoms with E-state index in [0.29, 0.717) is 17.4 Å². The lowest BCUT2D eigenvalue weighted by atomic mass is 9.49. The third kappa shape index (κ3) is 4.34. The third-order valence-electron chi connectivity index (χ3n) is 8.03. The van der Waals surface area contributed by atoms with Gasteiger partial charge in [0.1, 0.15) is 6.29 Å². The number of hydrogen-bond donors (Lipinski definition) is 1. The maximum Gasteiger partial charge on any atom is 0.223 e. The Labute approximate surface area is 181 Å². The molecule has 4 heteroatoms. The predicted molar refractivity (Wildman–Crippen MR) is 120 cm³/mol. The minimum Gasteiger partial charge on any atom is -0.346 e. The van der Waals surface area contributed by atoms with E-state index in [9.17, 15) is 9.59 Å². The van der Waals surface area contributed by atoms with Crippen LogP contribution in [0, 0.1) is 23.7 Å². The number of benzene rings is 1. The molecule has 1 atom stereocenters. The van der Waals surface area contributed by atoms with Gasteiger partial charge in [-0.3, -0.25) is 4.79 Å². The SMILES string of the molecule is Cc1ccc(C2CCN([C@H]3CC4(C[C@H](C(=O)NC(C=O)C(C)(C)C)C4)C3)CC2)cc1. The number of hydrogen-bond acceptors (Lipinski definition) is 3. The molecule has 1 unspecified atom stereocenters. The van der Waals surface area contributed by atoms with Crippen molar-refractivity contribution in [3.05, 3.63) is 35.4 Å². The van der Waals surface area contributed by atoms with Crippen LogP contribution in [0.15, 0.2) is 24.3 Å². The van der Waals surface area contributed by atoms with E-state index in [1.807, 2.05) is 20.8 Å². The first-order valence-corrected chi connectivity index (χ1v) is 11.8. The largest absolute Gasteiger partial charge is 0.346 e. The Morgan fingerprint density at radius 3 is 2.23 bits per heavy atom. The zero-order valence-electron chi connectivity index (χ0n) is 19.1. The van der Waals surface area contributed by atoms with Gasteiger partial charge in [0, 0.05) is 12.0 Å². The molecule has 4 nitrogen and oxygen atoms in total. The summed E-state index contributed by atoms with van der Waals surface area (Å²) >= 11 is 0. The molecule has 3 fully saturated rings. The van der Waals surface area contributed by atoms with Crippen LogP contribution in [0.25, 0.3) is 0 Å². The van der Waals surface area contributed by atoms with Crippen LogP contribution in [0.1, 0.15) is 76.3 Å². The number of carbonyl (C=O) groups excluding carboxylic acids is 2. The van der Waals surface area contributed by atoms with Crippen LogP contribution >= 0.6 is 0 Å². The molecule has 3 aliphatic rings. The van der Waals surface area contributed by atoms with Crippen LogP contribution in [0.3, 0.4) is 0 Å². The second-order valence-corrected chi connectivity index (χ2v) is 11.4. The van der Waals surface area contributed by atoms with Crippen LogP contribution in [-0.4, -0.2) is 42.3 Å². The monoisotopic (exact) mass is 410 g/mol. The fourth-order valence-corrected chi connectivity index (χ4v) is 5.86. The van der Waals surface area contributed by atoms with Crippen molar-refractivity contribution in [3.8, 4) is 0 Å². The van der Waals surface area contributed by atoms with E-state index in [1.54, 1.807) is 0 Å². The highest BCUT2D eigenvalue weighted by atomic mass is 16.2. The van der Waals surface area contributed by atoms with Crippen molar-refractivity contribution in [2.45, 2.75) is 84.2 Å². The third-order valence-corrected chi connectivity index (χ3v) is 8.03. The molecule has 4 rings (SSSR count). The molecule has 1 N–H and O–H groups in total. The maximum atomic E-state index is 12.6. The molecule has 30 heavy (non-hydrogen) atoms. The van der Waals surface area contributed by atoms with Crippen LogP contribution in [-0.2, 0) is 9.59 Å². The minimum atomic E-state index is -0.398. The summed E-state index contributed by atoms with van der Waals surface area (Å²) in [6.07, 6.45) is 7.92. The lowest BCUT2D eigenvalue weighted by Gasteiger charge is -2.60. The number of aldehydes is 1. The van der Waals surface area contributed by atoms with Crippen LogP contribution in [0.2, 0.25) is 0 Å². The number of carbonyl (C=O) groups is 2. The number of rotatable bonds is 5. The highest BCUT2D eigenvalue weighted by Crippen LogP contribution is 2.60. The summed E-state index contributed by atoms with van der Waals surface area (Å²) in [5.41, 5.74) is 3.01. The molecule has 0 bridgehead atoms. The van der Waals surface area contributed by atoms with Crippen molar-refractivity contribution in [1.82, 2.24) is 10.2 Å². The summed E-state index contributed by atoms with van der Waals surface area (Å²) in [6.45, 7) is 10.5. The Morgan fingerprint density at radius 2 is 1.70 bits per heavy atom. The van der Waals surface area contributed by atoms with Crippen molar-refractivity contribution >= 4 is 12.2 Å². The van der Waals surface area contributed by atoms with Crippen LogP contribution in [0.4, 0.5) is 0 Å². The Bertz CT molecular complexity index is 757. The quantitative estimate of drug-likeness (QED) is 0.729. The van der Waals surface area contributed by atoms with E-state index in [-0.39, 0.29) is 17.2 Å². The maximum absolute atomic E-state index is 12.6. The van der Waals surface area contributed by atoms with Gasteiger partial charge in [-0.1, -0.05) is 50.6 Å². The predicted octanol–water partition coefficient (Wildman–Crippen LogP) is 4.46. The normalized spacial score (nSPS) is 30.9. The van der Waals surface area contributed by atoms with Crippen LogP contribution < -0.4 is 5.32 Å². The molecule has 1 spiro atoms. The fraction of sp³-hybridized carbons (Fsp3) is 0.692. The summed E-state index contributed by atoms with van der Waals surface area (Å²) in [6, 6.07) is 9.40. The van der Waals surface area contributed by atoms with Crippen LogP contribution in [0.5, 0.6) is 0 Å². The molecule has 164 valence electrons. The van der Waals surface area contributed by atoms with Crippen molar-refractivity contribution in [2.75, 3.05) is 13.1 Å². The fourth-order valence-electron chi connectivity index (χ4n) is 5.86. The number of piperidine rings is 1. The zero-order valence-corrected chi connectivity index (χ0v) is 19.1. The molecule has 1 heterocycles. The molecule has 1 saturated heterocycles. The van der Waals surface area contributed by atoms with E-state index in [1.165, 1.54) is 49.9 Å². The van der Waals surface area contributed by atoms with Crippen molar-refractivity contribution in [2.24, 2.45) is 16.7 Å². The van der Waals surface area contributed by atoms with Gasteiger partial charge in [0.05, 0.1) is 6.04 Å².